The number of amides is 2. The third kappa shape index (κ3) is 5.63. The van der Waals surface area contributed by atoms with E-state index < -0.39 is 35.7 Å². The number of hydrogen-bond donors (Lipinski definition) is 2. The van der Waals surface area contributed by atoms with E-state index in [0.29, 0.717) is 16.8 Å². The van der Waals surface area contributed by atoms with Gasteiger partial charge in [0.1, 0.15) is 6.54 Å². The monoisotopic (exact) mass is 443 g/mol. The summed E-state index contributed by atoms with van der Waals surface area (Å²) >= 11 is 0. The second kappa shape index (κ2) is 9.51. The van der Waals surface area contributed by atoms with E-state index in [1.54, 1.807) is 12.1 Å². The average Bonchev–Trinajstić information content (AvgIpc) is 2.75. The number of carbonyl (C=O) groups is 2. The summed E-state index contributed by atoms with van der Waals surface area (Å²) in [5.74, 6) is -1.18. The summed E-state index contributed by atoms with van der Waals surface area (Å²) in [7, 11) is 0. The molecule has 0 saturated carbocycles. The maximum atomic E-state index is 12.9. The molecule has 1 atom stereocenters. The molecule has 0 saturated heterocycles. The molecule has 2 aromatic carbocycles. The molecular weight excluding hydrogens is 423 g/mol. The van der Waals surface area contributed by atoms with Crippen molar-refractivity contribution in [1.82, 2.24) is 9.88 Å². The summed E-state index contributed by atoms with van der Waals surface area (Å²) in [4.78, 5) is 37.1. The highest BCUT2D eigenvalue weighted by Crippen LogP contribution is 2.28. The Hall–Kier alpha value is -3.88. The minimum Gasteiger partial charge on any atom is -0.345 e. The first kappa shape index (κ1) is 22.8. The molecular formula is C23H20F3N3O3. The number of pyridine rings is 1. The summed E-state index contributed by atoms with van der Waals surface area (Å²) in [5, 5.41) is 5.34. The Balaban J connectivity index is 1.74. The molecule has 32 heavy (non-hydrogen) atoms. The van der Waals surface area contributed by atoms with Gasteiger partial charge in [-0.1, -0.05) is 42.5 Å². The zero-order valence-electron chi connectivity index (χ0n) is 17.0. The van der Waals surface area contributed by atoms with Gasteiger partial charge in [-0.2, -0.15) is 13.2 Å². The van der Waals surface area contributed by atoms with Gasteiger partial charge in [0.05, 0.1) is 22.9 Å². The number of hydrogen-bond acceptors (Lipinski definition) is 3. The van der Waals surface area contributed by atoms with Gasteiger partial charge in [0.25, 0.3) is 11.5 Å². The molecule has 0 bridgehead atoms. The van der Waals surface area contributed by atoms with Gasteiger partial charge in [0.2, 0.25) is 5.91 Å². The van der Waals surface area contributed by atoms with Crippen molar-refractivity contribution < 1.29 is 22.8 Å². The number of aromatic nitrogens is 1. The Labute approximate surface area is 181 Å². The maximum Gasteiger partial charge on any atom is 0.417 e. The van der Waals surface area contributed by atoms with Crippen LogP contribution in [0.3, 0.4) is 0 Å². The number of rotatable bonds is 6. The molecule has 0 spiro atoms. The zero-order valence-corrected chi connectivity index (χ0v) is 17.0. The van der Waals surface area contributed by atoms with Gasteiger partial charge in [-0.05, 0) is 30.7 Å². The van der Waals surface area contributed by atoms with Crippen molar-refractivity contribution in [2.24, 2.45) is 0 Å². The van der Waals surface area contributed by atoms with E-state index in [-0.39, 0.29) is 17.3 Å². The van der Waals surface area contributed by atoms with Crippen LogP contribution < -0.4 is 16.2 Å². The van der Waals surface area contributed by atoms with Gasteiger partial charge in [0.15, 0.2) is 0 Å². The highest BCUT2D eigenvalue weighted by Gasteiger charge is 2.31. The number of anilines is 1. The molecule has 0 aliphatic carbocycles. The van der Waals surface area contributed by atoms with Crippen LogP contribution >= 0.6 is 0 Å². The Morgan fingerprint density at radius 3 is 2.31 bits per heavy atom. The number of nitrogens with zero attached hydrogens (tertiary/aromatic N) is 1. The lowest BCUT2D eigenvalue weighted by Gasteiger charge is -2.17. The van der Waals surface area contributed by atoms with Crippen LogP contribution in [-0.2, 0) is 17.5 Å². The lowest BCUT2D eigenvalue weighted by molar-refractivity contribution is -0.138. The van der Waals surface area contributed by atoms with E-state index in [0.717, 1.165) is 11.6 Å². The lowest BCUT2D eigenvalue weighted by Crippen LogP contribution is -2.30. The quantitative estimate of drug-likeness (QED) is 0.605. The van der Waals surface area contributed by atoms with E-state index in [1.807, 2.05) is 37.3 Å². The number of alkyl halides is 3. The van der Waals surface area contributed by atoms with Crippen LogP contribution in [0.15, 0.2) is 77.7 Å². The molecule has 3 aromatic rings. The highest BCUT2D eigenvalue weighted by molar-refractivity contribution is 6.03. The number of carbonyl (C=O) groups excluding carboxylic acids is 2. The minimum atomic E-state index is -4.65. The van der Waals surface area contributed by atoms with Crippen molar-refractivity contribution >= 4 is 17.5 Å². The molecule has 2 N–H and O–H groups in total. The predicted molar refractivity (Wildman–Crippen MR) is 113 cm³/mol. The third-order valence-electron chi connectivity index (χ3n) is 4.72. The van der Waals surface area contributed by atoms with Crippen molar-refractivity contribution in [3.8, 4) is 0 Å². The van der Waals surface area contributed by atoms with Crippen LogP contribution in [-0.4, -0.2) is 16.4 Å². The molecule has 0 radical (unpaired) electrons. The second-order valence-corrected chi connectivity index (χ2v) is 7.08. The zero-order chi connectivity index (χ0) is 23.3. The number of nitrogens with one attached hydrogen (secondary N) is 2. The van der Waals surface area contributed by atoms with E-state index in [9.17, 15) is 27.6 Å². The van der Waals surface area contributed by atoms with Crippen molar-refractivity contribution in [1.29, 1.82) is 0 Å². The topological polar surface area (TPSA) is 80.2 Å². The van der Waals surface area contributed by atoms with Crippen molar-refractivity contribution in [3.63, 3.8) is 0 Å². The Morgan fingerprint density at radius 2 is 1.62 bits per heavy atom. The molecule has 1 aromatic heterocycles. The SMILES string of the molecule is CC(NC(=O)c1ccccc1NC(=O)Cn1cc(C(F)(F)F)ccc1=O)c1ccccc1. The Morgan fingerprint density at radius 1 is 0.969 bits per heavy atom. The van der Waals surface area contributed by atoms with Crippen molar-refractivity contribution in [2.75, 3.05) is 5.32 Å². The largest absolute Gasteiger partial charge is 0.417 e. The molecule has 0 fully saturated rings. The van der Waals surface area contributed by atoms with E-state index in [4.69, 9.17) is 0 Å². The fraction of sp³-hybridized carbons (Fsp3) is 0.174. The Bertz CT molecular complexity index is 1170. The molecule has 9 heteroatoms. The molecule has 1 heterocycles. The average molecular weight is 443 g/mol. The number of benzene rings is 2. The third-order valence-corrected chi connectivity index (χ3v) is 4.72. The molecule has 1 unspecified atom stereocenters. The molecule has 2 amide bonds. The van der Waals surface area contributed by atoms with E-state index in [1.165, 1.54) is 12.1 Å². The summed E-state index contributed by atoms with van der Waals surface area (Å²) in [6, 6.07) is 16.6. The Kier molecular flexibility index (Phi) is 6.77. The van der Waals surface area contributed by atoms with Gasteiger partial charge in [-0.3, -0.25) is 14.4 Å². The van der Waals surface area contributed by atoms with Crippen molar-refractivity contribution in [2.45, 2.75) is 25.7 Å². The highest BCUT2D eigenvalue weighted by atomic mass is 19.4. The van der Waals surface area contributed by atoms with Crippen LogP contribution in [0.2, 0.25) is 0 Å². The van der Waals surface area contributed by atoms with Crippen LogP contribution in [0.4, 0.5) is 18.9 Å². The van der Waals surface area contributed by atoms with Crippen molar-refractivity contribution in [3.05, 3.63) is 100.0 Å². The van der Waals surface area contributed by atoms with E-state index in [2.05, 4.69) is 10.6 Å². The summed E-state index contributed by atoms with van der Waals surface area (Å²) in [6.07, 6.45) is -4.06. The van der Waals surface area contributed by atoms with Crippen LogP contribution in [0.25, 0.3) is 0 Å². The normalized spacial score (nSPS) is 12.1. The molecule has 0 aliphatic heterocycles. The van der Waals surface area contributed by atoms with Gasteiger partial charge < -0.3 is 15.2 Å². The van der Waals surface area contributed by atoms with Gasteiger partial charge in [-0.15, -0.1) is 0 Å². The second-order valence-electron chi connectivity index (χ2n) is 7.08. The number of halogens is 3. The first-order valence-corrected chi connectivity index (χ1v) is 9.67. The molecule has 0 aliphatic rings. The first-order chi connectivity index (χ1) is 15.1. The first-order valence-electron chi connectivity index (χ1n) is 9.67. The van der Waals surface area contributed by atoms with Gasteiger partial charge in [-0.25, -0.2) is 0 Å². The molecule has 166 valence electrons. The lowest BCUT2D eigenvalue weighted by atomic mass is 10.1. The predicted octanol–water partition coefficient (Wildman–Crippen LogP) is 4.00. The van der Waals surface area contributed by atoms with Crippen LogP contribution in [0.1, 0.15) is 34.5 Å². The fourth-order valence-electron chi connectivity index (χ4n) is 3.06. The van der Waals surface area contributed by atoms with E-state index >= 15 is 0 Å². The van der Waals surface area contributed by atoms with Crippen LogP contribution in [0.5, 0.6) is 0 Å². The number of para-hydroxylation sites is 1. The molecule has 6 nitrogen and oxygen atoms in total. The molecule has 3 rings (SSSR count). The smallest absolute Gasteiger partial charge is 0.345 e. The van der Waals surface area contributed by atoms with Crippen LogP contribution in [0, 0.1) is 0 Å². The summed E-state index contributed by atoms with van der Waals surface area (Å²) < 4.78 is 39.3. The summed E-state index contributed by atoms with van der Waals surface area (Å²) in [5.41, 5.74) is -0.544. The maximum absolute atomic E-state index is 12.9. The minimum absolute atomic E-state index is 0.176. The van der Waals surface area contributed by atoms with Gasteiger partial charge in [0, 0.05) is 12.3 Å². The summed E-state index contributed by atoms with van der Waals surface area (Å²) in [6.45, 7) is 1.17. The fourth-order valence-corrected chi connectivity index (χ4v) is 3.06. The standard InChI is InChI=1S/C23H20F3N3O3/c1-15(16-7-3-2-4-8-16)27-22(32)18-9-5-6-10-19(18)28-20(30)14-29-13-17(23(24,25)26)11-12-21(29)31/h2-13,15H,14H2,1H3,(H,27,32)(H,28,30). The van der Waals surface area contributed by atoms with Gasteiger partial charge >= 0.3 is 6.18 Å².